The van der Waals surface area contributed by atoms with E-state index in [1.54, 1.807) is 32.4 Å². The molecule has 1 aromatic heterocycles. The predicted octanol–water partition coefficient (Wildman–Crippen LogP) is 5.90. The Bertz CT molecular complexity index is 1720. The lowest BCUT2D eigenvalue weighted by atomic mass is 10.0. The average molecular weight is 584 g/mol. The fraction of sp³-hybridized carbons (Fsp3) is 0.171. The van der Waals surface area contributed by atoms with Crippen LogP contribution in [0.2, 0.25) is 0 Å². The fourth-order valence-corrected chi connectivity index (χ4v) is 4.76. The molecule has 1 aliphatic rings. The van der Waals surface area contributed by atoms with Crippen LogP contribution in [0.25, 0.3) is 5.70 Å². The van der Waals surface area contributed by atoms with Crippen molar-refractivity contribution in [3.63, 3.8) is 0 Å². The molecule has 3 aromatic carbocycles. The lowest BCUT2D eigenvalue weighted by Crippen LogP contribution is -2.41. The summed E-state index contributed by atoms with van der Waals surface area (Å²) in [4.78, 5) is 11.7. The highest BCUT2D eigenvalue weighted by atomic mass is 16.5. The van der Waals surface area contributed by atoms with Crippen LogP contribution in [0.1, 0.15) is 33.6 Å². The summed E-state index contributed by atoms with van der Waals surface area (Å²) in [5.74, 6) is 2.07. The number of allylic oxidation sites excluding steroid dienone is 1. The van der Waals surface area contributed by atoms with Crippen LogP contribution >= 0.6 is 0 Å². The van der Waals surface area contributed by atoms with Crippen molar-refractivity contribution < 1.29 is 9.47 Å². The Balaban J connectivity index is 1.56. The van der Waals surface area contributed by atoms with E-state index >= 15 is 0 Å². The van der Waals surface area contributed by atoms with Crippen molar-refractivity contribution in [1.29, 1.82) is 10.7 Å². The molecule has 5 rings (SSSR count). The van der Waals surface area contributed by atoms with Gasteiger partial charge in [-0.1, -0.05) is 42.5 Å². The van der Waals surface area contributed by atoms with Crippen LogP contribution in [-0.2, 0) is 19.6 Å². The van der Waals surface area contributed by atoms with Gasteiger partial charge in [0.25, 0.3) is 0 Å². The molecule has 0 spiro atoms. The number of rotatable bonds is 10. The Morgan fingerprint density at radius 3 is 2.11 bits per heavy atom. The Morgan fingerprint density at radius 2 is 1.52 bits per heavy atom. The summed E-state index contributed by atoms with van der Waals surface area (Å²) in [6, 6.07) is 31.0. The maximum atomic E-state index is 9.50. The summed E-state index contributed by atoms with van der Waals surface area (Å²) >= 11 is 0. The number of methoxy groups -OCH3 is 2. The van der Waals surface area contributed by atoms with Gasteiger partial charge in [-0.25, -0.2) is 4.99 Å². The number of benzene rings is 3. The molecule has 0 saturated heterocycles. The highest BCUT2D eigenvalue weighted by Gasteiger charge is 2.26. The number of aryl methyl sites for hydroxylation is 1. The molecular weight excluding hydrogens is 550 g/mol. The minimum absolute atomic E-state index is 0.200. The van der Waals surface area contributed by atoms with Crippen LogP contribution in [0.5, 0.6) is 11.5 Å². The number of hydrogen-bond donors (Lipinski definition) is 2. The molecular formula is C35H33N7O2. The molecule has 0 aliphatic carbocycles. The van der Waals surface area contributed by atoms with Crippen LogP contribution < -0.4 is 14.9 Å². The lowest BCUT2D eigenvalue weighted by molar-refractivity contribution is 0.404. The molecule has 44 heavy (non-hydrogen) atoms. The third-order valence-corrected chi connectivity index (χ3v) is 7.02. The van der Waals surface area contributed by atoms with Crippen molar-refractivity contribution in [1.82, 2.24) is 15.3 Å². The first-order valence-corrected chi connectivity index (χ1v) is 14.1. The Morgan fingerprint density at radius 1 is 0.886 bits per heavy atom. The van der Waals surface area contributed by atoms with E-state index in [2.05, 4.69) is 26.5 Å². The Labute approximate surface area is 257 Å². The van der Waals surface area contributed by atoms with Crippen molar-refractivity contribution in [2.45, 2.75) is 26.6 Å². The van der Waals surface area contributed by atoms with Gasteiger partial charge in [-0.2, -0.15) is 10.4 Å². The Kier molecular flexibility index (Phi) is 9.42. The van der Waals surface area contributed by atoms with Gasteiger partial charge < -0.3 is 19.8 Å². The first-order chi connectivity index (χ1) is 21.4. The zero-order valence-electron chi connectivity index (χ0n) is 24.9. The molecule has 0 unspecified atom stereocenters. The maximum absolute atomic E-state index is 9.50. The number of hydrogen-bond acceptors (Lipinski definition) is 9. The zero-order valence-corrected chi connectivity index (χ0v) is 24.9. The molecule has 220 valence electrons. The third-order valence-electron chi connectivity index (χ3n) is 7.02. The zero-order chi connectivity index (χ0) is 30.9. The van der Waals surface area contributed by atoms with Gasteiger partial charge in [-0.05, 0) is 72.7 Å². The summed E-state index contributed by atoms with van der Waals surface area (Å²) in [5.41, 5.74) is 9.39. The monoisotopic (exact) mass is 583 g/mol. The van der Waals surface area contributed by atoms with E-state index < -0.39 is 0 Å². The summed E-state index contributed by atoms with van der Waals surface area (Å²) < 4.78 is 10.7. The number of aliphatic imine (C=N–C) groups is 1. The normalized spacial score (nSPS) is 13.5. The second kappa shape index (κ2) is 13.9. The molecule has 2 N–H and O–H groups in total. The van der Waals surface area contributed by atoms with E-state index in [0.29, 0.717) is 42.4 Å². The number of ether oxygens (including phenoxy) is 2. The van der Waals surface area contributed by atoms with E-state index in [9.17, 15) is 5.26 Å². The van der Waals surface area contributed by atoms with Gasteiger partial charge in [-0.15, -0.1) is 0 Å². The Hall–Kier alpha value is -5.75. The van der Waals surface area contributed by atoms with Gasteiger partial charge in [-0.3, -0.25) is 10.4 Å². The van der Waals surface area contributed by atoms with Crippen molar-refractivity contribution in [3.05, 3.63) is 131 Å². The number of nitrogens with zero attached hydrogens (tertiary/aromatic N) is 5. The number of nitriles is 1. The SMILES string of the molecule is COc1ccc(CN(Cc2ccc(OC)cc2)C2=NC(c3cccc(C#N)c3)=CC(=N)/C2=N\NCc2cccc(C)n2)cc1. The summed E-state index contributed by atoms with van der Waals surface area (Å²) in [7, 11) is 3.29. The van der Waals surface area contributed by atoms with Crippen LogP contribution in [-0.4, -0.2) is 41.4 Å². The van der Waals surface area contributed by atoms with E-state index in [4.69, 9.17) is 19.9 Å². The highest BCUT2D eigenvalue weighted by molar-refractivity contribution is 6.71. The molecule has 0 fully saturated rings. The van der Waals surface area contributed by atoms with Crippen molar-refractivity contribution in [2.24, 2.45) is 10.1 Å². The number of aromatic nitrogens is 1. The van der Waals surface area contributed by atoms with Crippen LogP contribution in [0.4, 0.5) is 0 Å². The summed E-state index contributed by atoms with van der Waals surface area (Å²) in [6.07, 6.45) is 1.68. The van der Waals surface area contributed by atoms with Crippen molar-refractivity contribution in [3.8, 4) is 17.6 Å². The van der Waals surface area contributed by atoms with Crippen LogP contribution in [0.3, 0.4) is 0 Å². The molecule has 0 saturated carbocycles. The van der Waals surface area contributed by atoms with Gasteiger partial charge in [0.15, 0.2) is 11.5 Å². The molecule has 0 amide bonds. The predicted molar refractivity (Wildman–Crippen MR) is 173 cm³/mol. The number of amidine groups is 1. The summed E-state index contributed by atoms with van der Waals surface area (Å²) in [6.45, 7) is 3.32. The first kappa shape index (κ1) is 29.7. The van der Waals surface area contributed by atoms with E-state index in [0.717, 1.165) is 39.6 Å². The second-order valence-corrected chi connectivity index (χ2v) is 10.2. The standard InChI is InChI=1S/C35H33N7O2/c1-24-6-4-9-29(39-24)21-38-41-34-32(37)19-33(28-8-5-7-27(18-28)20-36)40-35(34)42(22-25-10-14-30(43-2)15-11-25)23-26-12-16-31(44-3)17-13-26/h4-19,37-38H,21-23H2,1-3H3/b37-32?,41-34+. The molecule has 0 atom stereocenters. The number of pyridine rings is 1. The van der Waals surface area contributed by atoms with Crippen molar-refractivity contribution in [2.75, 3.05) is 14.2 Å². The quantitative estimate of drug-likeness (QED) is 0.224. The van der Waals surface area contributed by atoms with Gasteiger partial charge in [0.05, 0.1) is 49.5 Å². The minimum Gasteiger partial charge on any atom is -0.497 e. The topological polar surface area (TPSA) is 119 Å². The van der Waals surface area contributed by atoms with Gasteiger partial charge >= 0.3 is 0 Å². The summed E-state index contributed by atoms with van der Waals surface area (Å²) in [5, 5.41) is 23.2. The second-order valence-electron chi connectivity index (χ2n) is 10.2. The number of nitrogens with one attached hydrogen (secondary N) is 2. The fourth-order valence-electron chi connectivity index (χ4n) is 4.76. The van der Waals surface area contributed by atoms with Gasteiger partial charge in [0.1, 0.15) is 11.5 Å². The van der Waals surface area contributed by atoms with E-state index in [-0.39, 0.29) is 5.71 Å². The smallest absolute Gasteiger partial charge is 0.159 e. The van der Waals surface area contributed by atoms with E-state index in [1.807, 2.05) is 85.8 Å². The maximum Gasteiger partial charge on any atom is 0.159 e. The highest BCUT2D eigenvalue weighted by Crippen LogP contribution is 2.25. The molecule has 9 heteroatoms. The number of hydrazone groups is 1. The molecule has 9 nitrogen and oxygen atoms in total. The minimum atomic E-state index is 0.200. The van der Waals surface area contributed by atoms with Crippen LogP contribution in [0.15, 0.2) is 107 Å². The molecule has 2 heterocycles. The third kappa shape index (κ3) is 7.36. The molecule has 0 bridgehead atoms. The molecule has 4 aromatic rings. The average Bonchev–Trinajstić information content (AvgIpc) is 3.05. The molecule has 0 radical (unpaired) electrons. The van der Waals surface area contributed by atoms with Gasteiger partial charge in [0.2, 0.25) is 0 Å². The van der Waals surface area contributed by atoms with Crippen molar-refractivity contribution >= 4 is 23.0 Å². The lowest BCUT2D eigenvalue weighted by Gasteiger charge is -2.29. The molecule has 1 aliphatic heterocycles. The largest absolute Gasteiger partial charge is 0.497 e. The van der Waals surface area contributed by atoms with Crippen LogP contribution in [0, 0.1) is 23.7 Å². The first-order valence-electron chi connectivity index (χ1n) is 14.1. The van der Waals surface area contributed by atoms with Gasteiger partial charge in [0, 0.05) is 24.3 Å². The van der Waals surface area contributed by atoms with E-state index in [1.165, 1.54) is 0 Å².